The number of phenolic OH excluding ortho intramolecular Hbond substituents is 1. The SMILES string of the molecule is Oc1ccc(N2C=CC(Cc3ccccc3)=NC2)cc1. The maximum Gasteiger partial charge on any atom is 0.115 e. The van der Waals surface area contributed by atoms with Crippen LogP contribution in [-0.2, 0) is 6.42 Å². The average Bonchev–Trinajstić information content (AvgIpc) is 2.50. The molecule has 2 aromatic carbocycles. The largest absolute Gasteiger partial charge is 0.508 e. The Hall–Kier alpha value is -2.55. The first-order valence-corrected chi connectivity index (χ1v) is 6.62. The van der Waals surface area contributed by atoms with Crippen LogP contribution in [0.3, 0.4) is 0 Å². The minimum Gasteiger partial charge on any atom is -0.508 e. The van der Waals surface area contributed by atoms with Crippen molar-refractivity contribution in [3.05, 3.63) is 72.4 Å². The molecule has 3 nitrogen and oxygen atoms in total. The first-order valence-electron chi connectivity index (χ1n) is 6.62. The van der Waals surface area contributed by atoms with Gasteiger partial charge in [0.05, 0.1) is 0 Å². The van der Waals surface area contributed by atoms with Crippen LogP contribution in [0.5, 0.6) is 5.75 Å². The Labute approximate surface area is 118 Å². The van der Waals surface area contributed by atoms with E-state index < -0.39 is 0 Å². The van der Waals surface area contributed by atoms with Crippen molar-refractivity contribution < 1.29 is 5.11 Å². The van der Waals surface area contributed by atoms with E-state index in [-0.39, 0.29) is 5.75 Å². The number of rotatable bonds is 3. The summed E-state index contributed by atoms with van der Waals surface area (Å²) in [5, 5.41) is 9.30. The monoisotopic (exact) mass is 264 g/mol. The maximum absolute atomic E-state index is 9.30. The highest BCUT2D eigenvalue weighted by molar-refractivity contribution is 5.97. The third-order valence-corrected chi connectivity index (χ3v) is 3.28. The van der Waals surface area contributed by atoms with Crippen LogP contribution in [0.2, 0.25) is 0 Å². The van der Waals surface area contributed by atoms with Crippen molar-refractivity contribution in [2.24, 2.45) is 4.99 Å². The highest BCUT2D eigenvalue weighted by atomic mass is 16.3. The smallest absolute Gasteiger partial charge is 0.115 e. The molecule has 3 heteroatoms. The summed E-state index contributed by atoms with van der Waals surface area (Å²) in [6.07, 6.45) is 4.95. The number of allylic oxidation sites excluding steroid dienone is 1. The minimum absolute atomic E-state index is 0.281. The molecule has 0 bridgehead atoms. The van der Waals surface area contributed by atoms with Crippen molar-refractivity contribution in [1.29, 1.82) is 0 Å². The first kappa shape index (κ1) is 12.5. The van der Waals surface area contributed by atoms with E-state index in [1.807, 2.05) is 47.5 Å². The Bertz CT molecular complexity index is 630. The predicted octanol–water partition coefficient (Wildman–Crippen LogP) is 3.37. The highest BCUT2D eigenvalue weighted by Gasteiger charge is 2.08. The Morgan fingerprint density at radius 1 is 1.00 bits per heavy atom. The number of hydrogen-bond acceptors (Lipinski definition) is 3. The van der Waals surface area contributed by atoms with Gasteiger partial charge in [-0.2, -0.15) is 0 Å². The summed E-state index contributed by atoms with van der Waals surface area (Å²) in [6, 6.07) is 17.5. The van der Waals surface area contributed by atoms with Crippen LogP contribution in [0.15, 0.2) is 71.9 Å². The van der Waals surface area contributed by atoms with Crippen molar-refractivity contribution in [2.45, 2.75) is 6.42 Å². The van der Waals surface area contributed by atoms with E-state index in [1.165, 1.54) is 5.56 Å². The summed E-state index contributed by atoms with van der Waals surface area (Å²) >= 11 is 0. The number of aliphatic imine (C=N–C) groups is 1. The molecular formula is C17H16N2O. The van der Waals surface area contributed by atoms with Crippen LogP contribution >= 0.6 is 0 Å². The number of aromatic hydroxyl groups is 1. The van der Waals surface area contributed by atoms with E-state index in [0.717, 1.165) is 17.8 Å². The van der Waals surface area contributed by atoms with Crippen molar-refractivity contribution in [3.63, 3.8) is 0 Å². The van der Waals surface area contributed by atoms with Crippen molar-refractivity contribution in [1.82, 2.24) is 0 Å². The first-order chi connectivity index (χ1) is 9.81. The van der Waals surface area contributed by atoms with Crippen LogP contribution in [-0.4, -0.2) is 17.5 Å². The molecule has 1 aliphatic heterocycles. The maximum atomic E-state index is 9.30. The second kappa shape index (κ2) is 5.61. The Morgan fingerprint density at radius 2 is 1.75 bits per heavy atom. The fourth-order valence-electron chi connectivity index (χ4n) is 2.17. The van der Waals surface area contributed by atoms with Gasteiger partial charge in [0.15, 0.2) is 0 Å². The topological polar surface area (TPSA) is 35.8 Å². The lowest BCUT2D eigenvalue weighted by Crippen LogP contribution is -2.21. The average molecular weight is 264 g/mol. The van der Waals surface area contributed by atoms with Crippen molar-refractivity contribution in [2.75, 3.05) is 11.6 Å². The Balaban J connectivity index is 1.67. The lowest BCUT2D eigenvalue weighted by molar-refractivity contribution is 0.475. The van der Waals surface area contributed by atoms with Crippen molar-refractivity contribution in [3.8, 4) is 5.75 Å². The number of anilines is 1. The fourth-order valence-corrected chi connectivity index (χ4v) is 2.17. The van der Waals surface area contributed by atoms with E-state index in [0.29, 0.717) is 6.67 Å². The van der Waals surface area contributed by atoms with E-state index in [4.69, 9.17) is 0 Å². The van der Waals surface area contributed by atoms with Crippen LogP contribution in [0.4, 0.5) is 5.69 Å². The lowest BCUT2D eigenvalue weighted by Gasteiger charge is -2.22. The van der Waals surface area contributed by atoms with Crippen LogP contribution in [0, 0.1) is 0 Å². The standard InChI is InChI=1S/C17H16N2O/c20-17-8-6-16(7-9-17)19-11-10-15(18-13-19)12-14-4-2-1-3-5-14/h1-11,20H,12-13H2. The van der Waals surface area contributed by atoms with Gasteiger partial charge < -0.3 is 10.0 Å². The van der Waals surface area contributed by atoms with Crippen LogP contribution in [0.25, 0.3) is 0 Å². The number of benzene rings is 2. The molecular weight excluding hydrogens is 248 g/mol. The number of hydrogen-bond donors (Lipinski definition) is 1. The summed E-state index contributed by atoms with van der Waals surface area (Å²) in [6.45, 7) is 0.615. The summed E-state index contributed by atoms with van der Waals surface area (Å²) < 4.78 is 0. The lowest BCUT2D eigenvalue weighted by atomic mass is 10.1. The molecule has 20 heavy (non-hydrogen) atoms. The minimum atomic E-state index is 0.281. The third-order valence-electron chi connectivity index (χ3n) is 3.28. The summed E-state index contributed by atoms with van der Waals surface area (Å²) in [4.78, 5) is 6.65. The molecule has 0 fully saturated rings. The van der Waals surface area contributed by atoms with Gasteiger partial charge in [-0.25, -0.2) is 0 Å². The van der Waals surface area contributed by atoms with Gasteiger partial charge in [0.1, 0.15) is 12.4 Å². The van der Waals surface area contributed by atoms with E-state index in [1.54, 1.807) is 12.1 Å². The molecule has 100 valence electrons. The van der Waals surface area contributed by atoms with Gasteiger partial charge in [-0.05, 0) is 35.9 Å². The molecule has 0 radical (unpaired) electrons. The molecule has 0 aromatic heterocycles. The normalized spacial score (nSPS) is 14.2. The van der Waals surface area contributed by atoms with Gasteiger partial charge in [-0.1, -0.05) is 30.3 Å². The molecule has 2 aromatic rings. The fraction of sp³-hybridized carbons (Fsp3) is 0.118. The molecule has 0 saturated heterocycles. The molecule has 1 heterocycles. The van der Waals surface area contributed by atoms with E-state index in [9.17, 15) is 5.11 Å². The molecule has 0 spiro atoms. The zero-order valence-corrected chi connectivity index (χ0v) is 11.1. The molecule has 0 aliphatic carbocycles. The third kappa shape index (κ3) is 2.88. The molecule has 0 saturated carbocycles. The summed E-state index contributed by atoms with van der Waals surface area (Å²) in [7, 11) is 0. The van der Waals surface area contributed by atoms with E-state index >= 15 is 0 Å². The zero-order chi connectivity index (χ0) is 13.8. The predicted molar refractivity (Wildman–Crippen MR) is 82.2 cm³/mol. The summed E-state index contributed by atoms with van der Waals surface area (Å²) in [5.41, 5.74) is 3.39. The Morgan fingerprint density at radius 3 is 2.40 bits per heavy atom. The van der Waals surface area contributed by atoms with Crippen molar-refractivity contribution >= 4 is 11.4 Å². The Kier molecular flexibility index (Phi) is 3.50. The zero-order valence-electron chi connectivity index (χ0n) is 11.1. The quantitative estimate of drug-likeness (QED) is 0.922. The van der Waals surface area contributed by atoms with Gasteiger partial charge in [-0.15, -0.1) is 0 Å². The van der Waals surface area contributed by atoms with Crippen LogP contribution < -0.4 is 4.90 Å². The molecule has 0 amide bonds. The van der Waals surface area contributed by atoms with Gasteiger partial charge in [-0.3, -0.25) is 4.99 Å². The second-order valence-electron chi connectivity index (χ2n) is 4.76. The number of nitrogens with zero attached hydrogens (tertiary/aromatic N) is 2. The van der Waals surface area contributed by atoms with E-state index in [2.05, 4.69) is 17.1 Å². The number of phenols is 1. The highest BCUT2D eigenvalue weighted by Crippen LogP contribution is 2.20. The molecule has 1 aliphatic rings. The second-order valence-corrected chi connectivity index (χ2v) is 4.76. The molecule has 0 unspecified atom stereocenters. The summed E-state index contributed by atoms with van der Waals surface area (Å²) in [5.74, 6) is 0.281. The molecule has 3 rings (SSSR count). The van der Waals surface area contributed by atoms with Crippen LogP contribution in [0.1, 0.15) is 5.56 Å². The van der Waals surface area contributed by atoms with Gasteiger partial charge in [0.2, 0.25) is 0 Å². The molecule has 1 N–H and O–H groups in total. The van der Waals surface area contributed by atoms with Gasteiger partial charge in [0, 0.05) is 24.0 Å². The van der Waals surface area contributed by atoms with Gasteiger partial charge >= 0.3 is 0 Å². The van der Waals surface area contributed by atoms with Gasteiger partial charge in [0.25, 0.3) is 0 Å². The molecule has 0 atom stereocenters.